The Morgan fingerprint density at radius 3 is 3.07 bits per heavy atom. The minimum absolute atomic E-state index is 0.233. The molecule has 15 heavy (non-hydrogen) atoms. The molecule has 6 nitrogen and oxygen atoms in total. The van der Waals surface area contributed by atoms with Crippen LogP contribution < -0.4 is 10.9 Å². The van der Waals surface area contributed by atoms with E-state index < -0.39 is 0 Å². The number of aromatic amines is 1. The highest BCUT2D eigenvalue weighted by molar-refractivity contribution is 9.10. The van der Waals surface area contributed by atoms with Gasteiger partial charge in [-0.25, -0.2) is 4.98 Å². The van der Waals surface area contributed by atoms with Crippen LogP contribution in [0.2, 0.25) is 0 Å². The Balaban J connectivity index is 2.32. The first-order valence-corrected chi connectivity index (χ1v) is 4.96. The summed E-state index contributed by atoms with van der Waals surface area (Å²) in [4.78, 5) is 17.7. The Hall–Kier alpha value is -1.63. The van der Waals surface area contributed by atoms with E-state index in [9.17, 15) is 4.79 Å². The molecule has 0 saturated heterocycles. The summed E-state index contributed by atoms with van der Waals surface area (Å²) >= 11 is 3.14. The fraction of sp³-hybridized carbons (Fsp3) is 0.125. The fourth-order valence-corrected chi connectivity index (χ4v) is 1.39. The average molecular weight is 270 g/mol. The van der Waals surface area contributed by atoms with E-state index in [4.69, 9.17) is 0 Å². The van der Waals surface area contributed by atoms with Gasteiger partial charge in [0.05, 0.1) is 6.33 Å². The van der Waals surface area contributed by atoms with Gasteiger partial charge < -0.3 is 10.3 Å². The third-order valence-corrected chi connectivity index (χ3v) is 2.49. The highest BCUT2D eigenvalue weighted by atomic mass is 79.9. The smallest absolute Gasteiger partial charge is 0.267 e. The van der Waals surface area contributed by atoms with Gasteiger partial charge in [0.2, 0.25) is 0 Å². The monoisotopic (exact) mass is 269 g/mol. The maximum Gasteiger partial charge on any atom is 0.267 e. The molecule has 0 aromatic carbocycles. The minimum Gasteiger partial charge on any atom is -0.322 e. The molecular formula is C8H8BrN5O. The first-order chi connectivity index (χ1) is 7.16. The van der Waals surface area contributed by atoms with Crippen molar-refractivity contribution in [3.05, 3.63) is 33.4 Å². The second kappa shape index (κ2) is 3.85. The number of hydrogen-bond donors (Lipinski definition) is 2. The Morgan fingerprint density at radius 2 is 2.40 bits per heavy atom. The van der Waals surface area contributed by atoms with Gasteiger partial charge in [0.25, 0.3) is 5.56 Å². The number of nitrogens with zero attached hydrogens (tertiary/aromatic N) is 3. The number of aromatic nitrogens is 4. The van der Waals surface area contributed by atoms with E-state index in [-0.39, 0.29) is 5.56 Å². The summed E-state index contributed by atoms with van der Waals surface area (Å²) in [7, 11) is 1.81. The third kappa shape index (κ3) is 2.07. The first-order valence-electron chi connectivity index (χ1n) is 4.16. The summed E-state index contributed by atoms with van der Waals surface area (Å²) in [5.41, 5.74) is -0.233. The highest BCUT2D eigenvalue weighted by Crippen LogP contribution is 2.17. The highest BCUT2D eigenvalue weighted by Gasteiger charge is 2.06. The second-order valence-electron chi connectivity index (χ2n) is 2.89. The van der Waals surface area contributed by atoms with Gasteiger partial charge in [0, 0.05) is 19.3 Å². The van der Waals surface area contributed by atoms with Crippen molar-refractivity contribution in [2.75, 3.05) is 5.32 Å². The Morgan fingerprint density at radius 1 is 1.60 bits per heavy atom. The fourth-order valence-electron chi connectivity index (χ4n) is 1.07. The maximum absolute atomic E-state index is 11.2. The molecule has 0 atom stereocenters. The van der Waals surface area contributed by atoms with E-state index in [1.165, 1.54) is 6.33 Å². The summed E-state index contributed by atoms with van der Waals surface area (Å²) < 4.78 is 2.01. The van der Waals surface area contributed by atoms with Gasteiger partial charge in [-0.05, 0) is 15.9 Å². The quantitative estimate of drug-likeness (QED) is 0.853. The number of aryl methyl sites for hydroxylation is 1. The van der Waals surface area contributed by atoms with Gasteiger partial charge in [-0.1, -0.05) is 0 Å². The van der Waals surface area contributed by atoms with E-state index >= 15 is 0 Å². The summed E-state index contributed by atoms with van der Waals surface area (Å²) in [6, 6.07) is 1.79. The average Bonchev–Trinajstić information content (AvgIpc) is 2.59. The van der Waals surface area contributed by atoms with Gasteiger partial charge in [-0.2, -0.15) is 5.10 Å². The largest absolute Gasteiger partial charge is 0.322 e. The number of nitrogens with one attached hydrogen (secondary N) is 2. The number of halogens is 1. The van der Waals surface area contributed by atoms with Gasteiger partial charge >= 0.3 is 0 Å². The van der Waals surface area contributed by atoms with Crippen molar-refractivity contribution in [2.24, 2.45) is 7.05 Å². The molecule has 7 heteroatoms. The Bertz CT molecular complexity index is 532. The Labute approximate surface area is 93.5 Å². The van der Waals surface area contributed by atoms with Gasteiger partial charge in [-0.15, -0.1) is 0 Å². The molecule has 0 spiro atoms. The van der Waals surface area contributed by atoms with E-state index in [2.05, 4.69) is 36.3 Å². The van der Waals surface area contributed by atoms with Gasteiger partial charge in [-0.3, -0.25) is 9.48 Å². The van der Waals surface area contributed by atoms with Crippen LogP contribution in [0.15, 0.2) is 27.9 Å². The number of hydrogen-bond acceptors (Lipinski definition) is 4. The second-order valence-corrected chi connectivity index (χ2v) is 3.69. The summed E-state index contributed by atoms with van der Waals surface area (Å²) in [6.45, 7) is 0. The van der Waals surface area contributed by atoms with Crippen molar-refractivity contribution in [1.29, 1.82) is 0 Å². The lowest BCUT2D eigenvalue weighted by molar-refractivity contribution is 0.771. The molecule has 0 saturated carbocycles. The molecule has 0 aliphatic carbocycles. The molecule has 2 N–H and O–H groups in total. The Kier molecular flexibility index (Phi) is 2.55. The van der Waals surface area contributed by atoms with Gasteiger partial charge in [0.15, 0.2) is 11.6 Å². The molecule has 0 amide bonds. The molecule has 0 aliphatic heterocycles. The lowest BCUT2D eigenvalue weighted by Gasteiger charge is -2.02. The summed E-state index contributed by atoms with van der Waals surface area (Å²) in [5, 5.41) is 7.03. The van der Waals surface area contributed by atoms with Crippen molar-refractivity contribution in [1.82, 2.24) is 19.7 Å². The number of rotatable bonds is 2. The zero-order chi connectivity index (χ0) is 10.8. The van der Waals surface area contributed by atoms with E-state index in [0.717, 1.165) is 0 Å². The topological polar surface area (TPSA) is 75.6 Å². The van der Waals surface area contributed by atoms with E-state index in [1.54, 1.807) is 16.9 Å². The predicted octanol–water partition coefficient (Wildman–Crippen LogP) is 1.01. The third-order valence-electron chi connectivity index (χ3n) is 1.76. The van der Waals surface area contributed by atoms with Crippen molar-refractivity contribution < 1.29 is 0 Å². The van der Waals surface area contributed by atoms with Crippen LogP contribution in [0.3, 0.4) is 0 Å². The van der Waals surface area contributed by atoms with Crippen LogP contribution in [0.5, 0.6) is 0 Å². The van der Waals surface area contributed by atoms with Crippen LogP contribution in [0, 0.1) is 0 Å². The minimum atomic E-state index is -0.233. The van der Waals surface area contributed by atoms with Crippen molar-refractivity contribution >= 4 is 27.6 Å². The lowest BCUT2D eigenvalue weighted by Crippen LogP contribution is -2.10. The van der Waals surface area contributed by atoms with Crippen LogP contribution in [-0.2, 0) is 7.05 Å². The zero-order valence-electron chi connectivity index (χ0n) is 7.86. The van der Waals surface area contributed by atoms with Crippen molar-refractivity contribution in [2.45, 2.75) is 0 Å². The van der Waals surface area contributed by atoms with Crippen LogP contribution in [0.1, 0.15) is 0 Å². The van der Waals surface area contributed by atoms with Gasteiger partial charge in [0.1, 0.15) is 4.47 Å². The molecule has 0 bridgehead atoms. The molecule has 2 aromatic heterocycles. The van der Waals surface area contributed by atoms with Crippen LogP contribution in [0.4, 0.5) is 11.6 Å². The molecule has 2 rings (SSSR count). The van der Waals surface area contributed by atoms with Crippen LogP contribution in [-0.4, -0.2) is 19.7 Å². The van der Waals surface area contributed by atoms with E-state index in [1.807, 2.05) is 7.05 Å². The molecule has 78 valence electrons. The molecule has 0 fully saturated rings. The first kappa shape index (κ1) is 9.91. The summed E-state index contributed by atoms with van der Waals surface area (Å²) in [5.74, 6) is 1.08. The van der Waals surface area contributed by atoms with Crippen LogP contribution >= 0.6 is 15.9 Å². The summed E-state index contributed by atoms with van der Waals surface area (Å²) in [6.07, 6.45) is 3.13. The lowest BCUT2D eigenvalue weighted by atomic mass is 10.5. The van der Waals surface area contributed by atoms with Crippen LogP contribution in [0.25, 0.3) is 0 Å². The SMILES string of the molecule is Cn1ccc(Nc2nc[nH]c(=O)c2Br)n1. The van der Waals surface area contributed by atoms with Crippen molar-refractivity contribution in [3.63, 3.8) is 0 Å². The molecule has 0 aliphatic rings. The molecule has 0 radical (unpaired) electrons. The number of H-pyrrole nitrogens is 1. The normalized spacial score (nSPS) is 10.3. The standard InChI is InChI=1S/C8H8BrN5O/c1-14-3-2-5(13-14)12-7-6(9)8(15)11-4-10-7/h2-4H,1H3,(H2,10,11,12,13,15). The maximum atomic E-state index is 11.2. The van der Waals surface area contributed by atoms with Crippen molar-refractivity contribution in [3.8, 4) is 0 Å². The van der Waals surface area contributed by atoms with E-state index in [0.29, 0.717) is 16.1 Å². The predicted molar refractivity (Wildman–Crippen MR) is 59.0 cm³/mol. The molecule has 0 unspecified atom stereocenters. The molecular weight excluding hydrogens is 262 g/mol. The zero-order valence-corrected chi connectivity index (χ0v) is 9.45. The number of anilines is 2. The molecule has 2 aromatic rings. The molecule has 2 heterocycles.